The number of rotatable bonds is 11. The molecule has 0 amide bonds. The molecule has 1 saturated carbocycles. The zero-order valence-electron chi connectivity index (χ0n) is 17.0. The number of esters is 2. The molecule has 0 heterocycles. The summed E-state index contributed by atoms with van der Waals surface area (Å²) in [5.41, 5.74) is 0. The topological polar surface area (TPSA) is 52.6 Å². The van der Waals surface area contributed by atoms with E-state index in [2.05, 4.69) is 22.9 Å². The largest absolute Gasteiger partial charge is 0.465 e. The Balaban J connectivity index is 1.75. The molecule has 0 N–H and O–H groups in total. The number of carbonyl (C=O) groups is 2. The monoisotopic (exact) mass is 452 g/mol. The molecular weight excluding hydrogens is 420 g/mol. The van der Waals surface area contributed by atoms with E-state index in [1.807, 2.05) is 12.1 Å². The molecule has 1 aliphatic rings. The summed E-state index contributed by atoms with van der Waals surface area (Å²) in [6, 6.07) is 7.16. The summed E-state index contributed by atoms with van der Waals surface area (Å²) in [6.07, 6.45) is 11.6. The second-order valence-electron chi connectivity index (χ2n) is 7.66. The molecule has 4 nitrogen and oxygen atoms in total. The summed E-state index contributed by atoms with van der Waals surface area (Å²) in [5, 5.41) is 0. The van der Waals surface area contributed by atoms with E-state index in [1.54, 1.807) is 12.1 Å². The van der Waals surface area contributed by atoms with Crippen molar-refractivity contribution in [2.45, 2.75) is 77.6 Å². The maximum atomic E-state index is 12.6. The lowest BCUT2D eigenvalue weighted by Crippen LogP contribution is -2.36. The fourth-order valence-corrected chi connectivity index (χ4v) is 3.99. The summed E-state index contributed by atoms with van der Waals surface area (Å²) in [7, 11) is 0. The predicted molar refractivity (Wildman–Crippen MR) is 114 cm³/mol. The number of halogens is 1. The molecule has 0 aromatic heterocycles. The molecule has 0 saturated heterocycles. The smallest absolute Gasteiger partial charge is 0.315 e. The Kier molecular flexibility index (Phi) is 10.6. The van der Waals surface area contributed by atoms with Crippen molar-refractivity contribution >= 4 is 27.9 Å². The standard InChI is InChI=1S/C23H33BrO4/c1-2-3-4-5-6-7-10-17-27-22(25)20-11-8-9-12-21(20)23(26)28-19-15-13-18(24)14-16-19/h13-16,20-21H,2-12,17H2,1H3. The van der Waals surface area contributed by atoms with Crippen LogP contribution in [-0.2, 0) is 14.3 Å². The van der Waals surface area contributed by atoms with Crippen molar-refractivity contribution < 1.29 is 19.1 Å². The Hall–Kier alpha value is -1.36. The number of hydrogen-bond acceptors (Lipinski definition) is 4. The summed E-state index contributed by atoms with van der Waals surface area (Å²) < 4.78 is 11.9. The molecule has 0 radical (unpaired) electrons. The fourth-order valence-electron chi connectivity index (χ4n) is 3.73. The van der Waals surface area contributed by atoms with Crippen LogP contribution in [0, 0.1) is 11.8 Å². The lowest BCUT2D eigenvalue weighted by atomic mass is 9.79. The van der Waals surface area contributed by atoms with E-state index in [9.17, 15) is 9.59 Å². The lowest BCUT2D eigenvalue weighted by molar-refractivity contribution is -0.158. The van der Waals surface area contributed by atoms with E-state index in [0.29, 0.717) is 25.2 Å². The van der Waals surface area contributed by atoms with Gasteiger partial charge in [-0.05, 0) is 43.5 Å². The molecule has 0 bridgehead atoms. The first-order chi connectivity index (χ1) is 13.6. The van der Waals surface area contributed by atoms with Crippen LogP contribution < -0.4 is 4.74 Å². The average molecular weight is 453 g/mol. The van der Waals surface area contributed by atoms with Gasteiger partial charge < -0.3 is 9.47 Å². The van der Waals surface area contributed by atoms with Gasteiger partial charge in [0.25, 0.3) is 0 Å². The minimum atomic E-state index is -0.404. The summed E-state index contributed by atoms with van der Waals surface area (Å²) >= 11 is 3.37. The van der Waals surface area contributed by atoms with Gasteiger partial charge in [-0.15, -0.1) is 0 Å². The molecular formula is C23H33BrO4. The van der Waals surface area contributed by atoms with Crippen molar-refractivity contribution in [2.24, 2.45) is 11.8 Å². The molecule has 1 aromatic rings. The molecule has 1 aromatic carbocycles. The summed E-state index contributed by atoms with van der Waals surface area (Å²) in [4.78, 5) is 25.2. The Morgan fingerprint density at radius 2 is 1.46 bits per heavy atom. The van der Waals surface area contributed by atoms with Gasteiger partial charge in [-0.3, -0.25) is 9.59 Å². The highest BCUT2D eigenvalue weighted by Gasteiger charge is 2.38. The predicted octanol–water partition coefficient (Wildman–Crippen LogP) is 6.45. The quantitative estimate of drug-likeness (QED) is 0.219. The number of ether oxygens (including phenoxy) is 2. The molecule has 0 aliphatic heterocycles. The number of unbranched alkanes of at least 4 members (excludes halogenated alkanes) is 6. The van der Waals surface area contributed by atoms with Crippen LogP contribution in [0.5, 0.6) is 5.75 Å². The zero-order chi connectivity index (χ0) is 20.2. The molecule has 1 aliphatic carbocycles. The molecule has 5 heteroatoms. The third-order valence-corrected chi connectivity index (χ3v) is 5.92. The molecule has 0 spiro atoms. The van der Waals surface area contributed by atoms with Gasteiger partial charge in [0, 0.05) is 4.47 Å². The van der Waals surface area contributed by atoms with Gasteiger partial charge in [-0.1, -0.05) is 74.2 Å². The minimum Gasteiger partial charge on any atom is -0.465 e. The Morgan fingerprint density at radius 1 is 0.893 bits per heavy atom. The third-order valence-electron chi connectivity index (χ3n) is 5.40. The molecule has 2 unspecified atom stereocenters. The van der Waals surface area contributed by atoms with Crippen molar-refractivity contribution in [3.05, 3.63) is 28.7 Å². The van der Waals surface area contributed by atoms with Crippen LogP contribution in [0.15, 0.2) is 28.7 Å². The Morgan fingerprint density at radius 3 is 2.11 bits per heavy atom. The van der Waals surface area contributed by atoms with Crippen LogP contribution in [0.1, 0.15) is 77.6 Å². The van der Waals surface area contributed by atoms with Crippen LogP contribution in [0.3, 0.4) is 0 Å². The van der Waals surface area contributed by atoms with E-state index >= 15 is 0 Å². The minimum absolute atomic E-state index is 0.233. The van der Waals surface area contributed by atoms with Crippen LogP contribution in [0.25, 0.3) is 0 Å². The van der Waals surface area contributed by atoms with E-state index < -0.39 is 5.92 Å². The first kappa shape index (κ1) is 22.9. The van der Waals surface area contributed by atoms with Gasteiger partial charge in [0.1, 0.15) is 5.75 Å². The molecule has 28 heavy (non-hydrogen) atoms. The number of hydrogen-bond donors (Lipinski definition) is 0. The van der Waals surface area contributed by atoms with Crippen molar-refractivity contribution in [3.8, 4) is 5.75 Å². The average Bonchev–Trinajstić information content (AvgIpc) is 2.71. The summed E-state index contributed by atoms with van der Waals surface area (Å²) in [5.74, 6) is -0.822. The van der Waals surface area contributed by atoms with Crippen LogP contribution >= 0.6 is 15.9 Å². The third kappa shape index (κ3) is 7.94. The van der Waals surface area contributed by atoms with E-state index in [-0.39, 0.29) is 17.9 Å². The van der Waals surface area contributed by atoms with Gasteiger partial charge in [0.05, 0.1) is 18.4 Å². The highest BCUT2D eigenvalue weighted by molar-refractivity contribution is 9.10. The van der Waals surface area contributed by atoms with Crippen molar-refractivity contribution in [3.63, 3.8) is 0 Å². The van der Waals surface area contributed by atoms with Crippen molar-refractivity contribution in [1.29, 1.82) is 0 Å². The second-order valence-corrected chi connectivity index (χ2v) is 8.58. The maximum absolute atomic E-state index is 12.6. The van der Waals surface area contributed by atoms with E-state index in [4.69, 9.17) is 9.47 Å². The van der Waals surface area contributed by atoms with Crippen LogP contribution in [-0.4, -0.2) is 18.5 Å². The van der Waals surface area contributed by atoms with Crippen molar-refractivity contribution in [1.82, 2.24) is 0 Å². The van der Waals surface area contributed by atoms with E-state index in [0.717, 1.165) is 30.2 Å². The lowest BCUT2D eigenvalue weighted by Gasteiger charge is -2.28. The number of carbonyl (C=O) groups excluding carboxylic acids is 2. The normalized spacial score (nSPS) is 19.2. The molecule has 156 valence electrons. The Labute approximate surface area is 177 Å². The highest BCUT2D eigenvalue weighted by Crippen LogP contribution is 2.32. The second kappa shape index (κ2) is 13.0. The molecule has 2 atom stereocenters. The van der Waals surface area contributed by atoms with Crippen molar-refractivity contribution in [2.75, 3.05) is 6.61 Å². The molecule has 1 fully saturated rings. The first-order valence-electron chi connectivity index (χ1n) is 10.8. The molecule has 2 rings (SSSR count). The number of benzene rings is 1. The van der Waals surface area contributed by atoms with Gasteiger partial charge >= 0.3 is 11.9 Å². The summed E-state index contributed by atoms with van der Waals surface area (Å²) in [6.45, 7) is 2.67. The SMILES string of the molecule is CCCCCCCCCOC(=O)C1CCCCC1C(=O)Oc1ccc(Br)cc1. The first-order valence-corrected chi connectivity index (χ1v) is 11.5. The van der Waals surface area contributed by atoms with Crippen LogP contribution in [0.4, 0.5) is 0 Å². The Bertz CT molecular complexity index is 599. The highest BCUT2D eigenvalue weighted by atomic mass is 79.9. The van der Waals surface area contributed by atoms with E-state index in [1.165, 1.54) is 32.1 Å². The van der Waals surface area contributed by atoms with Crippen LogP contribution in [0.2, 0.25) is 0 Å². The van der Waals surface area contributed by atoms with Gasteiger partial charge in [0.15, 0.2) is 0 Å². The zero-order valence-corrected chi connectivity index (χ0v) is 18.5. The fraction of sp³-hybridized carbons (Fsp3) is 0.652. The van der Waals surface area contributed by atoms with Gasteiger partial charge in [-0.25, -0.2) is 0 Å². The maximum Gasteiger partial charge on any atom is 0.315 e. The van der Waals surface area contributed by atoms with Gasteiger partial charge in [-0.2, -0.15) is 0 Å². The van der Waals surface area contributed by atoms with Gasteiger partial charge in [0.2, 0.25) is 0 Å².